The van der Waals surface area contributed by atoms with Gasteiger partial charge in [0.1, 0.15) is 0 Å². The topological polar surface area (TPSA) is 97.0 Å². The Balaban J connectivity index is 1.82. The molecule has 7 nitrogen and oxygen atoms in total. The van der Waals surface area contributed by atoms with Gasteiger partial charge in [-0.3, -0.25) is 4.99 Å². The highest BCUT2D eigenvalue weighted by Crippen LogP contribution is 2.06. The molecule has 0 radical (unpaired) electrons. The highest BCUT2D eigenvalue weighted by molar-refractivity contribution is 7.89. The third-order valence-electron chi connectivity index (χ3n) is 3.30. The number of hydrogen-bond acceptors (Lipinski definition) is 4. The van der Waals surface area contributed by atoms with E-state index in [4.69, 9.17) is 10.5 Å². The Morgan fingerprint density at radius 1 is 1.45 bits per heavy atom. The number of ether oxygens (including phenoxy) is 1. The maximum absolute atomic E-state index is 12.0. The molecule has 1 atom stereocenters. The van der Waals surface area contributed by atoms with Crippen LogP contribution >= 0.6 is 0 Å². The fourth-order valence-electron chi connectivity index (χ4n) is 2.16. The van der Waals surface area contributed by atoms with E-state index in [1.165, 1.54) is 0 Å². The minimum atomic E-state index is -3.49. The van der Waals surface area contributed by atoms with E-state index in [0.717, 1.165) is 0 Å². The lowest BCUT2D eigenvalue weighted by atomic mass is 10.3. The van der Waals surface area contributed by atoms with Gasteiger partial charge in [0.2, 0.25) is 10.0 Å². The van der Waals surface area contributed by atoms with E-state index in [2.05, 4.69) is 9.71 Å². The molecule has 3 N–H and O–H groups in total. The van der Waals surface area contributed by atoms with Crippen molar-refractivity contribution < 1.29 is 13.2 Å². The zero-order chi connectivity index (χ0) is 16.0. The van der Waals surface area contributed by atoms with Crippen molar-refractivity contribution >= 4 is 16.0 Å². The predicted molar refractivity (Wildman–Crippen MR) is 85.1 cm³/mol. The van der Waals surface area contributed by atoms with Crippen LogP contribution in [0.5, 0.6) is 0 Å². The molecule has 0 aliphatic carbocycles. The normalized spacial score (nSPS) is 20.1. The summed E-state index contributed by atoms with van der Waals surface area (Å²) in [5.74, 6) is 0.425. The van der Waals surface area contributed by atoms with Crippen molar-refractivity contribution in [3.63, 3.8) is 0 Å². The average molecular weight is 326 g/mol. The number of benzene rings is 1. The first-order chi connectivity index (χ1) is 10.5. The summed E-state index contributed by atoms with van der Waals surface area (Å²) in [5.41, 5.74) is 5.91. The van der Waals surface area contributed by atoms with E-state index in [-0.39, 0.29) is 17.5 Å². The molecular weight excluding hydrogens is 304 g/mol. The molecule has 122 valence electrons. The first-order valence-corrected chi connectivity index (χ1v) is 8.68. The van der Waals surface area contributed by atoms with E-state index in [0.29, 0.717) is 32.2 Å². The summed E-state index contributed by atoms with van der Waals surface area (Å²) in [7, 11) is -3.49. The second-order valence-corrected chi connectivity index (χ2v) is 6.85. The molecule has 0 spiro atoms. The highest BCUT2D eigenvalue weighted by Gasteiger charge is 2.18. The molecule has 1 unspecified atom stereocenters. The molecule has 0 bridgehead atoms. The second kappa shape index (κ2) is 7.57. The van der Waals surface area contributed by atoms with Crippen molar-refractivity contribution in [1.29, 1.82) is 0 Å². The fourth-order valence-corrected chi connectivity index (χ4v) is 3.20. The lowest BCUT2D eigenvalue weighted by Crippen LogP contribution is -2.48. The summed E-state index contributed by atoms with van der Waals surface area (Å²) in [4.78, 5) is 6.41. The van der Waals surface area contributed by atoms with Crippen LogP contribution in [0.2, 0.25) is 0 Å². The minimum Gasteiger partial charge on any atom is -0.375 e. The molecule has 1 aromatic rings. The molecule has 1 aromatic carbocycles. The number of aliphatic imine (C=N–C) groups is 1. The lowest BCUT2D eigenvalue weighted by Gasteiger charge is -2.31. The van der Waals surface area contributed by atoms with E-state index in [9.17, 15) is 8.42 Å². The first kappa shape index (κ1) is 16.7. The monoisotopic (exact) mass is 326 g/mol. The maximum Gasteiger partial charge on any atom is 0.240 e. The van der Waals surface area contributed by atoms with Crippen LogP contribution in [0.15, 0.2) is 40.2 Å². The van der Waals surface area contributed by atoms with Crippen molar-refractivity contribution in [2.24, 2.45) is 10.7 Å². The minimum absolute atomic E-state index is 0.124. The molecule has 1 fully saturated rings. The van der Waals surface area contributed by atoms with Gasteiger partial charge < -0.3 is 15.4 Å². The predicted octanol–water partition coefficient (Wildman–Crippen LogP) is 0.000300. The molecule has 1 aliphatic rings. The maximum atomic E-state index is 12.0. The lowest BCUT2D eigenvalue weighted by molar-refractivity contribution is 0.00530. The summed E-state index contributed by atoms with van der Waals surface area (Å²) in [6.45, 7) is 4.51. The highest BCUT2D eigenvalue weighted by atomic mass is 32.2. The Bertz CT molecular complexity index is 604. The first-order valence-electron chi connectivity index (χ1n) is 7.20. The Morgan fingerprint density at radius 3 is 2.86 bits per heavy atom. The second-order valence-electron chi connectivity index (χ2n) is 5.08. The molecule has 1 aliphatic heterocycles. The van der Waals surface area contributed by atoms with Crippen LogP contribution in [0.4, 0.5) is 0 Å². The van der Waals surface area contributed by atoms with Crippen molar-refractivity contribution in [2.45, 2.75) is 17.9 Å². The number of nitrogens with zero attached hydrogens (tertiary/aromatic N) is 2. The number of guanidine groups is 1. The van der Waals surface area contributed by atoms with Crippen molar-refractivity contribution in [3.05, 3.63) is 30.3 Å². The Labute approximate surface area is 131 Å². The number of morpholine rings is 1. The van der Waals surface area contributed by atoms with Gasteiger partial charge >= 0.3 is 0 Å². The summed E-state index contributed by atoms with van der Waals surface area (Å²) >= 11 is 0. The van der Waals surface area contributed by atoms with Gasteiger partial charge in [0.15, 0.2) is 5.96 Å². The molecular formula is C14H22N4O3S. The van der Waals surface area contributed by atoms with Crippen LogP contribution in [0.3, 0.4) is 0 Å². The fraction of sp³-hybridized carbons (Fsp3) is 0.500. The van der Waals surface area contributed by atoms with Crippen LogP contribution in [-0.4, -0.2) is 58.2 Å². The number of nitrogens with two attached hydrogens (primary N) is 1. The smallest absolute Gasteiger partial charge is 0.240 e. The number of sulfonamides is 1. The van der Waals surface area contributed by atoms with Crippen LogP contribution in [-0.2, 0) is 14.8 Å². The number of rotatable bonds is 5. The van der Waals surface area contributed by atoms with E-state index in [1.54, 1.807) is 30.3 Å². The van der Waals surface area contributed by atoms with Crippen molar-refractivity contribution in [1.82, 2.24) is 9.62 Å². The molecule has 0 amide bonds. The average Bonchev–Trinajstić information content (AvgIpc) is 2.52. The third-order valence-corrected chi connectivity index (χ3v) is 4.77. The van der Waals surface area contributed by atoms with Gasteiger partial charge in [-0.05, 0) is 19.1 Å². The van der Waals surface area contributed by atoms with Gasteiger partial charge in [0, 0.05) is 19.6 Å². The van der Waals surface area contributed by atoms with Crippen LogP contribution in [0.25, 0.3) is 0 Å². The van der Waals surface area contributed by atoms with Gasteiger partial charge in [0.25, 0.3) is 0 Å². The molecule has 8 heteroatoms. The van der Waals surface area contributed by atoms with Gasteiger partial charge in [-0.25, -0.2) is 13.1 Å². The van der Waals surface area contributed by atoms with Crippen LogP contribution < -0.4 is 10.5 Å². The summed E-state index contributed by atoms with van der Waals surface area (Å²) in [5, 5.41) is 0. The number of hydrogen-bond donors (Lipinski definition) is 2. The van der Waals surface area contributed by atoms with Crippen molar-refractivity contribution in [2.75, 3.05) is 32.8 Å². The van der Waals surface area contributed by atoms with Gasteiger partial charge in [-0.15, -0.1) is 0 Å². The van der Waals surface area contributed by atoms with E-state index < -0.39 is 10.0 Å². The Kier molecular flexibility index (Phi) is 5.76. The molecule has 0 aromatic heterocycles. The summed E-state index contributed by atoms with van der Waals surface area (Å²) in [6, 6.07) is 8.24. The molecule has 2 rings (SSSR count). The van der Waals surface area contributed by atoms with Gasteiger partial charge in [0.05, 0.1) is 24.2 Å². The largest absolute Gasteiger partial charge is 0.375 e. The molecule has 1 heterocycles. The Morgan fingerprint density at radius 2 is 2.18 bits per heavy atom. The number of nitrogens with one attached hydrogen (secondary N) is 1. The molecule has 1 saturated heterocycles. The van der Waals surface area contributed by atoms with Crippen LogP contribution in [0, 0.1) is 0 Å². The standard InChI is InChI=1S/C14H22N4O3S/c1-12-11-18(9-10-21-12)14(15)16-7-8-17-22(19,20)13-5-3-2-4-6-13/h2-6,12,17H,7-11H2,1H3,(H2,15,16). The zero-order valence-corrected chi connectivity index (χ0v) is 13.4. The van der Waals surface area contributed by atoms with Gasteiger partial charge in [-0.2, -0.15) is 0 Å². The molecule has 0 saturated carbocycles. The van der Waals surface area contributed by atoms with Gasteiger partial charge in [-0.1, -0.05) is 18.2 Å². The SMILES string of the molecule is CC1CN(C(N)=NCCNS(=O)(=O)c2ccccc2)CCO1. The van der Waals surface area contributed by atoms with Crippen molar-refractivity contribution in [3.8, 4) is 0 Å². The quantitative estimate of drug-likeness (QED) is 0.451. The van der Waals surface area contributed by atoms with Crippen LogP contribution in [0.1, 0.15) is 6.92 Å². The third kappa shape index (κ3) is 4.69. The molecule has 22 heavy (non-hydrogen) atoms. The van der Waals surface area contributed by atoms with E-state index >= 15 is 0 Å². The summed E-state index contributed by atoms with van der Waals surface area (Å²) < 4.78 is 31.9. The Hall–Kier alpha value is -1.64. The summed E-state index contributed by atoms with van der Waals surface area (Å²) in [6.07, 6.45) is 0.124. The zero-order valence-electron chi connectivity index (χ0n) is 12.6. The van der Waals surface area contributed by atoms with E-state index in [1.807, 2.05) is 11.8 Å².